The van der Waals surface area contributed by atoms with Crippen LogP contribution in [0, 0.1) is 5.41 Å². The Balaban J connectivity index is 1.94. The van der Waals surface area contributed by atoms with E-state index >= 15 is 0 Å². The number of benzene rings is 2. The monoisotopic (exact) mass is 276 g/mol. The molecule has 0 aliphatic heterocycles. The minimum absolute atomic E-state index is 0.0737. The summed E-state index contributed by atoms with van der Waals surface area (Å²) in [6.45, 7) is 4.31. The van der Waals surface area contributed by atoms with Crippen molar-refractivity contribution in [1.29, 1.82) is 0 Å². The predicted octanol–water partition coefficient (Wildman–Crippen LogP) is 5.17. The van der Waals surface area contributed by atoms with E-state index in [9.17, 15) is 4.79 Å². The van der Waals surface area contributed by atoms with Crippen LogP contribution >= 0.6 is 0 Å². The lowest BCUT2D eigenvalue weighted by atomic mass is 9.76. The fourth-order valence-electron chi connectivity index (χ4n) is 3.10. The lowest BCUT2D eigenvalue weighted by Gasteiger charge is -2.27. The number of carbonyl (C=O) groups is 1. The Morgan fingerprint density at radius 3 is 2.52 bits per heavy atom. The maximum Gasteiger partial charge on any atom is 0.156 e. The van der Waals surface area contributed by atoms with Gasteiger partial charge in [0.2, 0.25) is 0 Å². The molecule has 0 heterocycles. The molecule has 1 heteroatoms. The molecule has 2 aromatic carbocycles. The van der Waals surface area contributed by atoms with E-state index < -0.39 is 0 Å². The molecule has 0 aromatic heterocycles. The van der Waals surface area contributed by atoms with E-state index in [1.807, 2.05) is 0 Å². The fourth-order valence-corrected chi connectivity index (χ4v) is 3.10. The van der Waals surface area contributed by atoms with Crippen molar-refractivity contribution in [2.75, 3.05) is 0 Å². The normalized spacial score (nSPS) is 18.2. The second kappa shape index (κ2) is 5.33. The third-order valence-electron chi connectivity index (χ3n) is 3.98. The zero-order chi connectivity index (χ0) is 14.9. The van der Waals surface area contributed by atoms with Crippen molar-refractivity contribution < 1.29 is 4.79 Å². The first-order valence-corrected chi connectivity index (χ1v) is 7.43. The van der Waals surface area contributed by atoms with Gasteiger partial charge in [0, 0.05) is 6.42 Å². The third kappa shape index (κ3) is 3.13. The Bertz CT molecular complexity index is 742. The molecule has 0 atom stereocenters. The number of hydrogen-bond donors (Lipinski definition) is 0. The number of ketones is 1. The molecule has 0 saturated carbocycles. The van der Waals surface area contributed by atoms with Crippen LogP contribution in [0.3, 0.4) is 0 Å². The zero-order valence-corrected chi connectivity index (χ0v) is 12.6. The summed E-state index contributed by atoms with van der Waals surface area (Å²) >= 11 is 0. The summed E-state index contributed by atoms with van der Waals surface area (Å²) in [5.41, 5.74) is 2.40. The van der Waals surface area contributed by atoms with Crippen molar-refractivity contribution in [2.45, 2.75) is 26.7 Å². The molecule has 0 unspecified atom stereocenters. The number of rotatable bonds is 2. The van der Waals surface area contributed by atoms with Gasteiger partial charge < -0.3 is 0 Å². The number of hydrogen-bond acceptors (Lipinski definition) is 1. The molecule has 106 valence electrons. The lowest BCUT2D eigenvalue weighted by molar-refractivity contribution is -0.116. The van der Waals surface area contributed by atoms with Crippen molar-refractivity contribution in [2.24, 2.45) is 5.41 Å². The standard InChI is InChI=1S/C20H20O/c1-20(2)13-15(12-18(21)14-20)10-11-17-8-5-7-16-6-3-4-9-19(16)17/h3-12H,13-14H2,1-2H3. The SMILES string of the molecule is CC1(C)CC(=O)C=C(C=Cc2cccc3ccccc23)C1. The van der Waals surface area contributed by atoms with E-state index in [2.05, 4.69) is 68.5 Å². The Morgan fingerprint density at radius 2 is 1.71 bits per heavy atom. The van der Waals surface area contributed by atoms with E-state index in [0.717, 1.165) is 12.0 Å². The van der Waals surface area contributed by atoms with Gasteiger partial charge in [0.25, 0.3) is 0 Å². The molecule has 1 nitrogen and oxygen atoms in total. The Kier molecular flexibility index (Phi) is 3.50. The summed E-state index contributed by atoms with van der Waals surface area (Å²) in [6, 6.07) is 14.7. The molecule has 0 N–H and O–H groups in total. The minimum atomic E-state index is 0.0737. The summed E-state index contributed by atoms with van der Waals surface area (Å²) in [7, 11) is 0. The van der Waals surface area contributed by atoms with Crippen LogP contribution in [0.4, 0.5) is 0 Å². The molecule has 0 radical (unpaired) electrons. The first kappa shape index (κ1) is 13.8. The summed E-state index contributed by atoms with van der Waals surface area (Å²) in [5.74, 6) is 0.240. The molecule has 3 rings (SSSR count). The van der Waals surface area contributed by atoms with E-state index in [4.69, 9.17) is 0 Å². The van der Waals surface area contributed by atoms with Crippen LogP contribution < -0.4 is 0 Å². The highest BCUT2D eigenvalue weighted by atomic mass is 16.1. The van der Waals surface area contributed by atoms with Crippen LogP contribution in [0.5, 0.6) is 0 Å². The first-order valence-electron chi connectivity index (χ1n) is 7.43. The topological polar surface area (TPSA) is 17.1 Å². The molecule has 0 saturated heterocycles. The molecule has 21 heavy (non-hydrogen) atoms. The van der Waals surface area contributed by atoms with Crippen molar-refractivity contribution >= 4 is 22.6 Å². The maximum absolute atomic E-state index is 11.8. The summed E-state index contributed by atoms with van der Waals surface area (Å²) in [4.78, 5) is 11.8. The highest BCUT2D eigenvalue weighted by molar-refractivity contribution is 5.93. The average molecular weight is 276 g/mol. The quantitative estimate of drug-likeness (QED) is 0.739. The van der Waals surface area contributed by atoms with Crippen molar-refractivity contribution in [3.05, 3.63) is 65.8 Å². The van der Waals surface area contributed by atoms with Crippen molar-refractivity contribution in [3.8, 4) is 0 Å². The minimum Gasteiger partial charge on any atom is -0.295 e. The maximum atomic E-state index is 11.8. The van der Waals surface area contributed by atoms with Gasteiger partial charge in [0.15, 0.2) is 5.78 Å². The van der Waals surface area contributed by atoms with Gasteiger partial charge >= 0.3 is 0 Å². The number of allylic oxidation sites excluding steroid dienone is 3. The van der Waals surface area contributed by atoms with Gasteiger partial charge in [-0.05, 0) is 39.8 Å². The average Bonchev–Trinajstić information content (AvgIpc) is 2.43. The number of fused-ring (bicyclic) bond motifs is 1. The highest BCUT2D eigenvalue weighted by Crippen LogP contribution is 2.34. The second-order valence-electron chi connectivity index (χ2n) is 6.61. The second-order valence-corrected chi connectivity index (χ2v) is 6.61. The Labute approximate surface area is 126 Å². The largest absolute Gasteiger partial charge is 0.295 e. The molecule has 1 aliphatic rings. The van der Waals surface area contributed by atoms with Crippen LogP contribution in [0.2, 0.25) is 0 Å². The molecule has 0 spiro atoms. The molecule has 0 bridgehead atoms. The van der Waals surface area contributed by atoms with Gasteiger partial charge in [-0.25, -0.2) is 0 Å². The van der Waals surface area contributed by atoms with Crippen LogP contribution in [0.15, 0.2) is 60.2 Å². The summed E-state index contributed by atoms with van der Waals surface area (Å²) in [6.07, 6.45) is 7.63. The Hall–Kier alpha value is -2.15. The first-order chi connectivity index (χ1) is 10.0. The van der Waals surface area contributed by atoms with E-state index in [0.29, 0.717) is 6.42 Å². The van der Waals surface area contributed by atoms with Crippen LogP contribution in [0.1, 0.15) is 32.3 Å². The van der Waals surface area contributed by atoms with Gasteiger partial charge in [0.1, 0.15) is 0 Å². The van der Waals surface area contributed by atoms with Crippen LogP contribution in [-0.4, -0.2) is 5.78 Å². The van der Waals surface area contributed by atoms with Crippen molar-refractivity contribution in [3.63, 3.8) is 0 Å². The molecular formula is C20H20O. The molecule has 0 fully saturated rings. The molecular weight excluding hydrogens is 256 g/mol. The van der Waals surface area contributed by atoms with E-state index in [1.54, 1.807) is 6.08 Å². The Morgan fingerprint density at radius 1 is 0.952 bits per heavy atom. The molecule has 0 amide bonds. The fraction of sp³-hybridized carbons (Fsp3) is 0.250. The molecule has 2 aromatic rings. The summed E-state index contributed by atoms with van der Waals surface area (Å²) in [5, 5.41) is 2.49. The van der Waals surface area contributed by atoms with Gasteiger partial charge in [-0.2, -0.15) is 0 Å². The van der Waals surface area contributed by atoms with Gasteiger partial charge in [0.05, 0.1) is 0 Å². The lowest BCUT2D eigenvalue weighted by Crippen LogP contribution is -2.21. The van der Waals surface area contributed by atoms with Crippen molar-refractivity contribution in [1.82, 2.24) is 0 Å². The zero-order valence-electron chi connectivity index (χ0n) is 12.6. The van der Waals surface area contributed by atoms with Gasteiger partial charge in [-0.15, -0.1) is 0 Å². The van der Waals surface area contributed by atoms with Crippen LogP contribution in [0.25, 0.3) is 16.8 Å². The third-order valence-corrected chi connectivity index (χ3v) is 3.98. The highest BCUT2D eigenvalue weighted by Gasteiger charge is 2.26. The van der Waals surface area contributed by atoms with E-state index in [1.165, 1.54) is 16.3 Å². The van der Waals surface area contributed by atoms with E-state index in [-0.39, 0.29) is 11.2 Å². The van der Waals surface area contributed by atoms with Gasteiger partial charge in [-0.3, -0.25) is 4.79 Å². The predicted molar refractivity (Wildman–Crippen MR) is 89.1 cm³/mol. The smallest absolute Gasteiger partial charge is 0.156 e. The van der Waals surface area contributed by atoms with Crippen LogP contribution in [-0.2, 0) is 4.79 Å². The molecule has 1 aliphatic carbocycles. The van der Waals surface area contributed by atoms with Gasteiger partial charge in [-0.1, -0.05) is 68.5 Å². The number of carbonyl (C=O) groups excluding carboxylic acids is 1. The summed E-state index contributed by atoms with van der Waals surface area (Å²) < 4.78 is 0.